The summed E-state index contributed by atoms with van der Waals surface area (Å²) in [5.74, 6) is -0.225. The molecule has 1 aromatic rings. The van der Waals surface area contributed by atoms with E-state index in [1.54, 1.807) is 24.0 Å². The summed E-state index contributed by atoms with van der Waals surface area (Å²) in [6.07, 6.45) is 3.28. The van der Waals surface area contributed by atoms with Gasteiger partial charge >= 0.3 is 6.03 Å². The van der Waals surface area contributed by atoms with Crippen LogP contribution in [0.5, 0.6) is 0 Å². The van der Waals surface area contributed by atoms with Gasteiger partial charge in [0.25, 0.3) is 0 Å². The van der Waals surface area contributed by atoms with Crippen molar-refractivity contribution in [2.75, 3.05) is 5.32 Å². The van der Waals surface area contributed by atoms with E-state index in [0.717, 1.165) is 6.54 Å². The Morgan fingerprint density at radius 2 is 2.05 bits per heavy atom. The lowest BCUT2D eigenvalue weighted by Gasteiger charge is -2.23. The van der Waals surface area contributed by atoms with E-state index in [0.29, 0.717) is 5.69 Å². The van der Waals surface area contributed by atoms with E-state index < -0.39 is 12.1 Å². The van der Waals surface area contributed by atoms with Gasteiger partial charge in [0.1, 0.15) is 6.04 Å². The van der Waals surface area contributed by atoms with Crippen molar-refractivity contribution in [2.45, 2.75) is 52.7 Å². The van der Waals surface area contributed by atoms with Crippen LogP contribution in [-0.2, 0) is 11.3 Å². The maximum absolute atomic E-state index is 11.8. The molecule has 0 saturated carbocycles. The van der Waals surface area contributed by atoms with E-state index in [9.17, 15) is 9.59 Å². The fourth-order valence-corrected chi connectivity index (χ4v) is 1.51. The third-order valence-electron chi connectivity index (χ3n) is 2.45. The predicted molar refractivity (Wildman–Crippen MR) is 77.4 cm³/mol. The number of hydrogen-bond acceptors (Lipinski definition) is 3. The quantitative estimate of drug-likeness (QED) is 0.778. The summed E-state index contributed by atoms with van der Waals surface area (Å²) in [5.41, 5.74) is 0.263. The molecule has 0 radical (unpaired) electrons. The minimum Gasteiger partial charge on any atom is -0.350 e. The first-order chi connectivity index (χ1) is 9.21. The molecular formula is C13H23N5O2. The topological polar surface area (TPSA) is 88.0 Å². The molecule has 20 heavy (non-hydrogen) atoms. The lowest BCUT2D eigenvalue weighted by atomic mass is 10.1. The molecule has 0 aliphatic carbocycles. The van der Waals surface area contributed by atoms with E-state index in [2.05, 4.69) is 21.0 Å². The van der Waals surface area contributed by atoms with Crippen molar-refractivity contribution in [3.8, 4) is 0 Å². The molecule has 1 heterocycles. The van der Waals surface area contributed by atoms with Crippen LogP contribution >= 0.6 is 0 Å². The average Bonchev–Trinajstić information content (AvgIpc) is 2.74. The Hall–Kier alpha value is -2.05. The van der Waals surface area contributed by atoms with Crippen LogP contribution in [0.25, 0.3) is 0 Å². The summed E-state index contributed by atoms with van der Waals surface area (Å²) in [4.78, 5) is 23.6. The SMILES string of the molecule is CCn1cc(NC(=O)N[C@@H](C)C(=O)NC(C)(C)C)cn1. The number of rotatable bonds is 4. The summed E-state index contributed by atoms with van der Waals surface area (Å²) < 4.78 is 1.70. The van der Waals surface area contributed by atoms with Crippen LogP contribution in [0.2, 0.25) is 0 Å². The first-order valence-electron chi connectivity index (χ1n) is 6.63. The lowest BCUT2D eigenvalue weighted by Crippen LogP contribution is -2.51. The minimum absolute atomic E-state index is 0.225. The van der Waals surface area contributed by atoms with Gasteiger partial charge in [-0.2, -0.15) is 5.10 Å². The number of nitrogens with one attached hydrogen (secondary N) is 3. The highest BCUT2D eigenvalue weighted by Crippen LogP contribution is 2.04. The second-order valence-electron chi connectivity index (χ2n) is 5.64. The molecule has 7 heteroatoms. The Morgan fingerprint density at radius 3 is 2.55 bits per heavy atom. The summed E-state index contributed by atoms with van der Waals surface area (Å²) >= 11 is 0. The summed E-state index contributed by atoms with van der Waals surface area (Å²) in [5, 5.41) is 12.1. The summed E-state index contributed by atoms with van der Waals surface area (Å²) in [6.45, 7) is 9.98. The number of aromatic nitrogens is 2. The number of hydrogen-bond donors (Lipinski definition) is 3. The van der Waals surface area contributed by atoms with Gasteiger partial charge in [-0.05, 0) is 34.6 Å². The van der Waals surface area contributed by atoms with Crippen LogP contribution in [0.15, 0.2) is 12.4 Å². The molecule has 7 nitrogen and oxygen atoms in total. The zero-order chi connectivity index (χ0) is 15.3. The molecule has 0 aliphatic heterocycles. The molecule has 1 aromatic heterocycles. The number of carbonyl (C=O) groups excluding carboxylic acids is 2. The van der Waals surface area contributed by atoms with Crippen LogP contribution < -0.4 is 16.0 Å². The monoisotopic (exact) mass is 281 g/mol. The van der Waals surface area contributed by atoms with E-state index >= 15 is 0 Å². The second kappa shape index (κ2) is 6.40. The third kappa shape index (κ3) is 5.29. The molecule has 0 unspecified atom stereocenters. The fourth-order valence-electron chi connectivity index (χ4n) is 1.51. The molecule has 0 spiro atoms. The molecular weight excluding hydrogens is 258 g/mol. The van der Waals surface area contributed by atoms with E-state index in [4.69, 9.17) is 0 Å². The van der Waals surface area contributed by atoms with Gasteiger partial charge in [-0.1, -0.05) is 0 Å². The van der Waals surface area contributed by atoms with Crippen molar-refractivity contribution in [1.29, 1.82) is 0 Å². The smallest absolute Gasteiger partial charge is 0.319 e. The van der Waals surface area contributed by atoms with E-state index in [-0.39, 0.29) is 11.4 Å². The zero-order valence-electron chi connectivity index (χ0n) is 12.7. The van der Waals surface area contributed by atoms with E-state index in [1.807, 2.05) is 27.7 Å². The standard InChI is InChI=1S/C13H23N5O2/c1-6-18-8-10(7-14-18)16-12(20)15-9(2)11(19)17-13(3,4)5/h7-9H,6H2,1-5H3,(H,17,19)(H2,15,16,20)/t9-/m0/s1. The Bertz CT molecular complexity index is 475. The number of urea groups is 1. The molecule has 0 saturated heterocycles. The summed E-state index contributed by atoms with van der Waals surface area (Å²) in [6, 6.07) is -1.05. The van der Waals surface area contributed by atoms with Gasteiger partial charge in [0.15, 0.2) is 0 Å². The molecule has 0 bridgehead atoms. The van der Waals surface area contributed by atoms with E-state index in [1.165, 1.54) is 0 Å². The molecule has 0 aromatic carbocycles. The van der Waals surface area contributed by atoms with Gasteiger partial charge in [-0.15, -0.1) is 0 Å². The number of nitrogens with zero attached hydrogens (tertiary/aromatic N) is 2. The Kier molecular flexibility index (Phi) is 5.12. The number of anilines is 1. The van der Waals surface area contributed by atoms with Crippen LogP contribution in [0.1, 0.15) is 34.6 Å². The fraction of sp³-hybridized carbons (Fsp3) is 0.615. The van der Waals surface area contributed by atoms with Crippen LogP contribution in [0.3, 0.4) is 0 Å². The summed E-state index contributed by atoms with van der Waals surface area (Å²) in [7, 11) is 0. The number of amides is 3. The number of aryl methyl sites for hydroxylation is 1. The highest BCUT2D eigenvalue weighted by atomic mass is 16.2. The maximum atomic E-state index is 11.8. The van der Waals surface area contributed by atoms with Crippen molar-refractivity contribution < 1.29 is 9.59 Å². The predicted octanol–water partition coefficient (Wildman–Crippen LogP) is 1.33. The minimum atomic E-state index is -0.615. The highest BCUT2D eigenvalue weighted by Gasteiger charge is 2.20. The normalized spacial score (nSPS) is 12.7. The van der Waals surface area contributed by atoms with Gasteiger partial charge < -0.3 is 16.0 Å². The molecule has 1 atom stereocenters. The van der Waals surface area contributed by atoms with Gasteiger partial charge in [0.05, 0.1) is 11.9 Å². The van der Waals surface area contributed by atoms with Gasteiger partial charge in [0, 0.05) is 18.3 Å². The highest BCUT2D eigenvalue weighted by molar-refractivity contribution is 5.93. The van der Waals surface area contributed by atoms with Crippen molar-refractivity contribution in [1.82, 2.24) is 20.4 Å². The van der Waals surface area contributed by atoms with Crippen LogP contribution in [-0.4, -0.2) is 33.3 Å². The molecule has 112 valence electrons. The molecule has 3 amide bonds. The van der Waals surface area contributed by atoms with Crippen molar-refractivity contribution in [3.63, 3.8) is 0 Å². The van der Waals surface area contributed by atoms with Crippen LogP contribution in [0.4, 0.5) is 10.5 Å². The van der Waals surface area contributed by atoms with Crippen LogP contribution in [0, 0.1) is 0 Å². The Morgan fingerprint density at radius 1 is 1.40 bits per heavy atom. The van der Waals surface area contributed by atoms with Gasteiger partial charge in [-0.3, -0.25) is 9.48 Å². The molecule has 3 N–H and O–H groups in total. The second-order valence-corrected chi connectivity index (χ2v) is 5.64. The third-order valence-corrected chi connectivity index (χ3v) is 2.45. The molecule has 1 rings (SSSR count). The Labute approximate surface area is 119 Å². The van der Waals surface area contributed by atoms with Crippen molar-refractivity contribution >= 4 is 17.6 Å². The Balaban J connectivity index is 2.47. The lowest BCUT2D eigenvalue weighted by molar-refractivity contribution is -0.123. The molecule has 0 aliphatic rings. The average molecular weight is 281 g/mol. The van der Waals surface area contributed by atoms with Crippen molar-refractivity contribution in [2.24, 2.45) is 0 Å². The zero-order valence-corrected chi connectivity index (χ0v) is 12.7. The van der Waals surface area contributed by atoms with Gasteiger partial charge in [-0.25, -0.2) is 4.79 Å². The molecule has 0 fully saturated rings. The first kappa shape index (κ1) is 16.0. The largest absolute Gasteiger partial charge is 0.350 e. The van der Waals surface area contributed by atoms with Gasteiger partial charge in [0.2, 0.25) is 5.91 Å². The van der Waals surface area contributed by atoms with Crippen molar-refractivity contribution in [3.05, 3.63) is 12.4 Å². The first-order valence-corrected chi connectivity index (χ1v) is 6.63. The number of carbonyl (C=O) groups is 2. The maximum Gasteiger partial charge on any atom is 0.319 e.